The minimum Gasteiger partial charge on any atom is -0.497 e. The highest BCUT2D eigenvalue weighted by Crippen LogP contribution is 2.51. The van der Waals surface area contributed by atoms with Crippen molar-refractivity contribution in [3.05, 3.63) is 41.2 Å². The third-order valence-corrected chi connectivity index (χ3v) is 5.20. The van der Waals surface area contributed by atoms with Crippen molar-refractivity contribution in [3.63, 3.8) is 0 Å². The summed E-state index contributed by atoms with van der Waals surface area (Å²) in [5.74, 6) is 1.18. The number of benzene rings is 1. The van der Waals surface area contributed by atoms with Gasteiger partial charge in [0, 0.05) is 6.54 Å². The number of hydrogen-bond donors (Lipinski definition) is 1. The molecule has 28 heavy (non-hydrogen) atoms. The summed E-state index contributed by atoms with van der Waals surface area (Å²) in [6, 6.07) is 7.85. The molecule has 1 aliphatic carbocycles. The van der Waals surface area contributed by atoms with E-state index in [0.29, 0.717) is 37.7 Å². The Labute approximate surface area is 164 Å². The summed E-state index contributed by atoms with van der Waals surface area (Å²) >= 11 is 0. The third kappa shape index (κ3) is 3.69. The molecule has 8 heteroatoms. The second-order valence-electron chi connectivity index (χ2n) is 7.82. The molecule has 0 bridgehead atoms. The highest BCUT2D eigenvalue weighted by molar-refractivity contribution is 5.67. The summed E-state index contributed by atoms with van der Waals surface area (Å²) in [5.41, 5.74) is 2.38. The van der Waals surface area contributed by atoms with Gasteiger partial charge in [0.25, 0.3) is 0 Å². The van der Waals surface area contributed by atoms with Gasteiger partial charge in [-0.3, -0.25) is 0 Å². The average molecular weight is 386 g/mol. The number of fused-ring (bicyclic) bond motifs is 2. The molecule has 2 heterocycles. The average Bonchev–Trinajstić information content (AvgIpc) is 3.33. The van der Waals surface area contributed by atoms with Crippen molar-refractivity contribution in [1.82, 2.24) is 20.3 Å². The summed E-state index contributed by atoms with van der Waals surface area (Å²) < 4.78 is 18.5. The van der Waals surface area contributed by atoms with Gasteiger partial charge in [-0.1, -0.05) is 31.2 Å². The van der Waals surface area contributed by atoms with E-state index in [2.05, 4.69) is 15.6 Å². The van der Waals surface area contributed by atoms with Gasteiger partial charge >= 0.3 is 6.09 Å². The first-order valence-corrected chi connectivity index (χ1v) is 9.66. The van der Waals surface area contributed by atoms with Crippen molar-refractivity contribution < 1.29 is 19.0 Å². The number of alkyl carbamates (subject to hydrolysis) is 1. The Hall–Kier alpha value is -2.61. The minimum atomic E-state index is -0.415. The first-order valence-electron chi connectivity index (χ1n) is 9.66. The molecule has 0 radical (unpaired) electrons. The maximum atomic E-state index is 12.1. The number of nitrogens with zero attached hydrogens (tertiary/aromatic N) is 3. The van der Waals surface area contributed by atoms with E-state index >= 15 is 0 Å². The third-order valence-electron chi connectivity index (χ3n) is 5.20. The Bertz CT molecular complexity index is 842. The molecule has 0 saturated carbocycles. The Morgan fingerprint density at radius 2 is 2.14 bits per heavy atom. The van der Waals surface area contributed by atoms with Gasteiger partial charge in [-0.25, -0.2) is 9.48 Å². The molecule has 8 nitrogen and oxygen atoms in total. The minimum absolute atomic E-state index is 0.334. The van der Waals surface area contributed by atoms with Gasteiger partial charge < -0.3 is 19.5 Å². The molecule has 1 spiro atoms. The zero-order chi connectivity index (χ0) is 19.7. The zero-order valence-electron chi connectivity index (χ0n) is 16.5. The SMILES string of the molecule is COc1ccc(Cn2nnc3c2[C@@]2(CC[C@H]3OC(=O)NCC(C)C)CO2)cc1. The van der Waals surface area contributed by atoms with E-state index in [1.165, 1.54) is 0 Å². The molecule has 1 aliphatic heterocycles. The van der Waals surface area contributed by atoms with Crippen LogP contribution in [0.5, 0.6) is 5.75 Å². The quantitative estimate of drug-likeness (QED) is 0.768. The van der Waals surface area contributed by atoms with E-state index < -0.39 is 12.2 Å². The molecule has 2 aliphatic rings. The lowest BCUT2D eigenvalue weighted by molar-refractivity contribution is 0.0721. The van der Waals surface area contributed by atoms with Crippen molar-refractivity contribution in [2.24, 2.45) is 5.92 Å². The largest absolute Gasteiger partial charge is 0.497 e. The molecule has 150 valence electrons. The maximum absolute atomic E-state index is 12.1. The van der Waals surface area contributed by atoms with Crippen molar-refractivity contribution in [2.75, 3.05) is 20.3 Å². The molecule has 1 amide bonds. The fraction of sp³-hybridized carbons (Fsp3) is 0.550. The lowest BCUT2D eigenvalue weighted by Gasteiger charge is -2.26. The van der Waals surface area contributed by atoms with Crippen molar-refractivity contribution in [3.8, 4) is 5.75 Å². The van der Waals surface area contributed by atoms with Crippen LogP contribution in [0.1, 0.15) is 49.7 Å². The van der Waals surface area contributed by atoms with E-state index in [1.807, 2.05) is 42.8 Å². The van der Waals surface area contributed by atoms with Gasteiger partial charge in [-0.15, -0.1) is 5.10 Å². The second-order valence-corrected chi connectivity index (χ2v) is 7.82. The number of hydrogen-bond acceptors (Lipinski definition) is 6. The van der Waals surface area contributed by atoms with Crippen LogP contribution in [0.4, 0.5) is 4.79 Å². The molecule has 2 atom stereocenters. The Morgan fingerprint density at radius 3 is 2.79 bits per heavy atom. The molecular formula is C20H26N4O4. The van der Waals surface area contributed by atoms with Crippen molar-refractivity contribution in [2.45, 2.75) is 44.9 Å². The number of methoxy groups -OCH3 is 1. The summed E-state index contributed by atoms with van der Waals surface area (Å²) in [6.07, 6.45) is 0.658. The van der Waals surface area contributed by atoms with Gasteiger partial charge in [0.05, 0.1) is 20.3 Å². The predicted octanol–water partition coefficient (Wildman–Crippen LogP) is 2.78. The topological polar surface area (TPSA) is 90.8 Å². The summed E-state index contributed by atoms with van der Waals surface area (Å²) in [6.45, 7) is 5.89. The van der Waals surface area contributed by atoms with Crippen LogP contribution in [0.25, 0.3) is 0 Å². The van der Waals surface area contributed by atoms with Crippen LogP contribution in [0.3, 0.4) is 0 Å². The first-order chi connectivity index (χ1) is 13.5. The molecule has 1 fully saturated rings. The predicted molar refractivity (Wildman–Crippen MR) is 101 cm³/mol. The first kappa shape index (κ1) is 18.7. The van der Waals surface area contributed by atoms with Crippen LogP contribution < -0.4 is 10.1 Å². The highest BCUT2D eigenvalue weighted by Gasteiger charge is 2.55. The lowest BCUT2D eigenvalue weighted by Crippen LogP contribution is -2.32. The number of epoxide rings is 1. The monoisotopic (exact) mass is 386 g/mol. The number of rotatable bonds is 6. The fourth-order valence-corrected chi connectivity index (χ4v) is 3.59. The Balaban J connectivity index is 1.53. The normalized spacial score (nSPS) is 22.8. The van der Waals surface area contributed by atoms with Gasteiger partial charge in [0.15, 0.2) is 0 Å². The smallest absolute Gasteiger partial charge is 0.407 e. The van der Waals surface area contributed by atoms with Crippen LogP contribution >= 0.6 is 0 Å². The Morgan fingerprint density at radius 1 is 1.39 bits per heavy atom. The van der Waals surface area contributed by atoms with Crippen molar-refractivity contribution >= 4 is 6.09 Å². The van der Waals surface area contributed by atoms with Crippen LogP contribution in [-0.2, 0) is 21.6 Å². The number of carbonyl (C=O) groups excluding carboxylic acids is 1. The van der Waals surface area contributed by atoms with Gasteiger partial charge in [-0.2, -0.15) is 0 Å². The molecule has 1 aromatic carbocycles. The number of nitrogens with one attached hydrogen (secondary N) is 1. The van der Waals surface area contributed by atoms with Crippen LogP contribution in [0.2, 0.25) is 0 Å². The molecular weight excluding hydrogens is 360 g/mol. The number of ether oxygens (including phenoxy) is 3. The lowest BCUT2D eigenvalue weighted by atomic mass is 9.88. The standard InChI is InChI=1S/C20H26N4O4/c1-13(2)10-21-19(25)28-16-8-9-20(12-27-20)18-17(16)22-23-24(18)11-14-4-6-15(26-3)7-5-14/h4-7,13,16H,8-12H2,1-3H3,(H,21,25)/t16-,20-/m1/s1. The van der Waals surface area contributed by atoms with E-state index in [1.54, 1.807) is 7.11 Å². The number of amides is 1. The van der Waals surface area contributed by atoms with Gasteiger partial charge in [-0.05, 0) is 36.5 Å². The molecule has 2 aromatic rings. The van der Waals surface area contributed by atoms with E-state index in [-0.39, 0.29) is 5.60 Å². The maximum Gasteiger partial charge on any atom is 0.407 e. The van der Waals surface area contributed by atoms with Crippen LogP contribution in [0, 0.1) is 5.92 Å². The molecule has 1 N–H and O–H groups in total. The second kappa shape index (κ2) is 7.43. The van der Waals surface area contributed by atoms with Crippen LogP contribution in [0.15, 0.2) is 24.3 Å². The van der Waals surface area contributed by atoms with E-state index in [0.717, 1.165) is 23.4 Å². The van der Waals surface area contributed by atoms with Gasteiger partial charge in [0.2, 0.25) is 0 Å². The Kier molecular flexibility index (Phi) is 4.97. The molecule has 4 rings (SSSR count). The number of carbonyl (C=O) groups is 1. The summed E-state index contributed by atoms with van der Waals surface area (Å²) in [4.78, 5) is 12.1. The van der Waals surface area contributed by atoms with Crippen molar-refractivity contribution in [1.29, 1.82) is 0 Å². The van der Waals surface area contributed by atoms with Gasteiger partial charge in [0.1, 0.15) is 28.8 Å². The van der Waals surface area contributed by atoms with E-state index in [4.69, 9.17) is 14.2 Å². The summed E-state index contributed by atoms with van der Waals surface area (Å²) in [5, 5.41) is 11.5. The number of aromatic nitrogens is 3. The van der Waals surface area contributed by atoms with E-state index in [9.17, 15) is 4.79 Å². The molecule has 1 aromatic heterocycles. The fourth-order valence-electron chi connectivity index (χ4n) is 3.59. The summed E-state index contributed by atoms with van der Waals surface area (Å²) in [7, 11) is 1.65. The van der Waals surface area contributed by atoms with Crippen LogP contribution in [-0.4, -0.2) is 41.3 Å². The highest BCUT2D eigenvalue weighted by atomic mass is 16.6. The molecule has 0 unspecified atom stereocenters. The zero-order valence-corrected chi connectivity index (χ0v) is 16.5. The molecule has 1 saturated heterocycles.